The van der Waals surface area contributed by atoms with E-state index in [-0.39, 0.29) is 41.0 Å². The van der Waals surface area contributed by atoms with Gasteiger partial charge >= 0.3 is 17.1 Å². The second-order valence-electron chi connectivity index (χ2n) is 5.27. The Bertz CT molecular complexity index is 933. The fourth-order valence-electron chi connectivity index (χ4n) is 2.12. The van der Waals surface area contributed by atoms with E-state index >= 15 is 0 Å². The maximum atomic E-state index is 9.86. The molecule has 0 unspecified atom stereocenters. The largest absolute Gasteiger partial charge is 2.00 e. The van der Waals surface area contributed by atoms with Gasteiger partial charge in [0, 0.05) is 39.8 Å². The number of aliphatic imine (C=N–C) groups is 2. The Morgan fingerprint density at radius 1 is 0.821 bits per heavy atom. The molecule has 2 aromatic carbocycles. The molecule has 0 bridgehead atoms. The maximum Gasteiger partial charge on any atom is 2.00 e. The summed E-state index contributed by atoms with van der Waals surface area (Å²) in [6.45, 7) is 0. The molecule has 0 aliphatic rings. The van der Waals surface area contributed by atoms with Crippen LogP contribution in [0.15, 0.2) is 64.7 Å². The predicted molar refractivity (Wildman–Crippen MR) is 105 cm³/mol. The van der Waals surface area contributed by atoms with Gasteiger partial charge in [0.1, 0.15) is 17.2 Å². The normalized spacial score (nSPS) is 10.6. The molecule has 1 aromatic heterocycles. The molecule has 3 aromatic rings. The van der Waals surface area contributed by atoms with Crippen molar-refractivity contribution in [2.75, 3.05) is 0 Å². The zero-order valence-corrected chi connectivity index (χ0v) is 17.5. The van der Waals surface area contributed by atoms with Crippen molar-refractivity contribution in [1.29, 1.82) is 0 Å². The third-order valence-electron chi connectivity index (χ3n) is 3.41. The Labute approximate surface area is 188 Å². The second kappa shape index (κ2) is 11.1. The maximum absolute atomic E-state index is 9.86. The molecule has 0 aliphatic carbocycles. The van der Waals surface area contributed by atoms with Crippen LogP contribution in [0.5, 0.6) is 11.5 Å². The summed E-state index contributed by atoms with van der Waals surface area (Å²) in [5.41, 5.74) is 1.43. The molecule has 0 atom stereocenters. The first kappa shape index (κ1) is 24.0. The van der Waals surface area contributed by atoms with Crippen molar-refractivity contribution < 1.29 is 39.7 Å². The number of benzene rings is 2. The molecule has 0 fully saturated rings. The topological polar surface area (TPSA) is 78.1 Å². The summed E-state index contributed by atoms with van der Waals surface area (Å²) in [5, 5.41) is 20.7. The Morgan fingerprint density at radius 3 is 1.93 bits per heavy atom. The van der Waals surface area contributed by atoms with Crippen molar-refractivity contribution in [3.63, 3.8) is 0 Å². The van der Waals surface area contributed by atoms with E-state index in [1.54, 1.807) is 42.6 Å². The van der Waals surface area contributed by atoms with Crippen LogP contribution in [-0.4, -0.2) is 27.6 Å². The summed E-state index contributed by atoms with van der Waals surface area (Å²) < 4.78 is 0. The van der Waals surface area contributed by atoms with E-state index in [9.17, 15) is 10.2 Å². The minimum Gasteiger partial charge on any atom is -1.00 e. The first-order valence-electron chi connectivity index (χ1n) is 7.53. The van der Waals surface area contributed by atoms with Crippen molar-refractivity contribution in [2.24, 2.45) is 9.98 Å². The summed E-state index contributed by atoms with van der Waals surface area (Å²) in [7, 11) is 0. The molecule has 143 valence electrons. The average Bonchev–Trinajstić information content (AvgIpc) is 2.64. The van der Waals surface area contributed by atoms with Gasteiger partial charge in [-0.2, -0.15) is 0 Å². The second-order valence-corrected chi connectivity index (χ2v) is 6.14. The van der Waals surface area contributed by atoms with Gasteiger partial charge in [0.05, 0.1) is 0 Å². The zero-order valence-electron chi connectivity index (χ0n) is 14.1. The van der Waals surface area contributed by atoms with Crippen LogP contribution in [0.4, 0.5) is 11.5 Å². The number of rotatable bonds is 4. The van der Waals surface area contributed by atoms with Crippen molar-refractivity contribution in [3.8, 4) is 11.5 Å². The quantitative estimate of drug-likeness (QED) is 0.448. The van der Waals surface area contributed by atoms with Gasteiger partial charge in [-0.3, -0.25) is 4.99 Å². The predicted octanol–water partition coefficient (Wildman–Crippen LogP) is 2.30. The number of halogens is 3. The van der Waals surface area contributed by atoms with Gasteiger partial charge < -0.3 is 22.6 Å². The number of phenolic OH excluding ortho intramolecular Hbond substituents is 2. The first-order valence-corrected chi connectivity index (χ1v) is 8.29. The van der Waals surface area contributed by atoms with Gasteiger partial charge in [-0.05, 0) is 48.5 Å². The summed E-state index contributed by atoms with van der Waals surface area (Å²) in [6, 6.07) is 12.8. The Hall–Kier alpha value is -2.08. The molecule has 5 nitrogen and oxygen atoms in total. The molecule has 0 saturated carbocycles. The molecule has 3 rings (SSSR count). The molecule has 0 spiro atoms. The van der Waals surface area contributed by atoms with E-state index in [2.05, 4.69) is 15.0 Å². The molecule has 2 N–H and O–H groups in total. The monoisotopic (exact) mass is 475 g/mol. The van der Waals surface area contributed by atoms with E-state index < -0.39 is 0 Å². The minimum absolute atomic E-state index is 0. The Balaban J connectivity index is 0.00000196. The Morgan fingerprint density at radius 2 is 1.36 bits per heavy atom. The van der Waals surface area contributed by atoms with Crippen molar-refractivity contribution in [2.45, 2.75) is 0 Å². The van der Waals surface area contributed by atoms with Gasteiger partial charge in [0.15, 0.2) is 5.82 Å². The van der Waals surface area contributed by atoms with E-state index in [1.165, 1.54) is 24.6 Å². The number of phenols is 2. The van der Waals surface area contributed by atoms with Gasteiger partial charge in [-0.25, -0.2) is 9.98 Å². The molecular weight excluding hydrogens is 464 g/mol. The van der Waals surface area contributed by atoms with Crippen LogP contribution < -0.4 is 12.4 Å². The van der Waals surface area contributed by atoms with Gasteiger partial charge in [-0.1, -0.05) is 23.2 Å². The standard InChI is InChI=1S/C19H13Cl2N3O2.ClH.Mn/c20-14-3-5-17(25)12(8-14)10-23-16-2-1-7-22-19(16)24-11-13-9-15(21)4-6-18(13)26;;/h1-11,25-26H;1H;/q;;+2/p-1/b23-10?,24-11+;;. The molecule has 0 saturated heterocycles. The molecule has 0 amide bonds. The van der Waals surface area contributed by atoms with Gasteiger partial charge in [0.2, 0.25) is 0 Å². The summed E-state index contributed by atoms with van der Waals surface area (Å²) in [5.74, 6) is 0.476. The smallest absolute Gasteiger partial charge is 1.00 e. The fourth-order valence-corrected chi connectivity index (χ4v) is 2.48. The number of nitrogens with zero attached hydrogens (tertiary/aromatic N) is 3. The molecule has 9 heteroatoms. The summed E-state index contributed by atoms with van der Waals surface area (Å²) >= 11 is 11.9. The van der Waals surface area contributed by atoms with Crippen molar-refractivity contribution in [3.05, 3.63) is 75.9 Å². The van der Waals surface area contributed by atoms with Gasteiger partial charge in [0.25, 0.3) is 0 Å². The average molecular weight is 477 g/mol. The van der Waals surface area contributed by atoms with Crippen molar-refractivity contribution in [1.82, 2.24) is 4.98 Å². The van der Waals surface area contributed by atoms with Crippen LogP contribution in [0.1, 0.15) is 11.1 Å². The molecule has 0 aliphatic heterocycles. The number of aromatic hydroxyl groups is 2. The fraction of sp³-hybridized carbons (Fsp3) is 0. The summed E-state index contributed by atoms with van der Waals surface area (Å²) in [4.78, 5) is 12.8. The van der Waals surface area contributed by atoms with Crippen LogP contribution in [0.2, 0.25) is 10.0 Å². The van der Waals surface area contributed by atoms with E-state index in [0.29, 0.717) is 32.7 Å². The summed E-state index contributed by atoms with van der Waals surface area (Å²) in [6.07, 6.45) is 4.52. The van der Waals surface area contributed by atoms with E-state index in [0.717, 1.165) is 0 Å². The third kappa shape index (κ3) is 6.23. The number of pyridine rings is 1. The number of hydrogen-bond donors (Lipinski definition) is 2. The molecule has 28 heavy (non-hydrogen) atoms. The molecular formula is C19H13Cl3MnN3O2+. The van der Waals surface area contributed by atoms with Gasteiger partial charge in [-0.15, -0.1) is 0 Å². The number of aromatic nitrogens is 1. The van der Waals surface area contributed by atoms with Crippen LogP contribution in [0.3, 0.4) is 0 Å². The molecule has 1 heterocycles. The SMILES string of the molecule is Oc1ccc(Cl)cc1C=Nc1cccnc1/N=C/c1cc(Cl)ccc1O.[Cl-].[Mn+2]. The van der Waals surface area contributed by atoms with Crippen molar-refractivity contribution >= 4 is 47.1 Å². The first-order chi connectivity index (χ1) is 12.5. The van der Waals surface area contributed by atoms with Crippen LogP contribution >= 0.6 is 23.2 Å². The number of hydrogen-bond acceptors (Lipinski definition) is 5. The van der Waals surface area contributed by atoms with Crippen LogP contribution in [-0.2, 0) is 17.1 Å². The van der Waals surface area contributed by atoms with E-state index in [4.69, 9.17) is 23.2 Å². The zero-order chi connectivity index (χ0) is 18.5. The Kier molecular flexibility index (Phi) is 9.46. The van der Waals surface area contributed by atoms with E-state index in [1.807, 2.05) is 0 Å². The minimum atomic E-state index is 0. The molecule has 1 radical (unpaired) electrons. The van der Waals surface area contributed by atoms with Crippen LogP contribution in [0.25, 0.3) is 0 Å². The third-order valence-corrected chi connectivity index (χ3v) is 3.88. The van der Waals surface area contributed by atoms with Crippen LogP contribution in [0, 0.1) is 0 Å².